The van der Waals surface area contributed by atoms with Gasteiger partial charge in [-0.25, -0.2) is 0 Å². The molecule has 3 heteroatoms. The zero-order chi connectivity index (χ0) is 9.68. The van der Waals surface area contributed by atoms with Gasteiger partial charge in [0, 0.05) is 19.6 Å². The fourth-order valence-electron chi connectivity index (χ4n) is 1.49. The molecule has 0 aromatic carbocycles. The minimum atomic E-state index is -0.0726. The maximum absolute atomic E-state index is 5.43. The third kappa shape index (κ3) is 3.63. The summed E-state index contributed by atoms with van der Waals surface area (Å²) in [4.78, 5) is 0. The van der Waals surface area contributed by atoms with E-state index in [9.17, 15) is 0 Å². The van der Waals surface area contributed by atoms with Crippen molar-refractivity contribution in [2.75, 3.05) is 13.2 Å². The molecule has 3 nitrogen and oxygen atoms in total. The van der Waals surface area contributed by atoms with Gasteiger partial charge in [0.2, 0.25) is 0 Å². The molecule has 0 aliphatic carbocycles. The molecule has 1 aliphatic heterocycles. The zero-order valence-corrected chi connectivity index (χ0v) is 8.79. The number of epoxide rings is 1. The Hall–Kier alpha value is -0.120. The van der Waals surface area contributed by atoms with Crippen LogP contribution < -0.4 is 0 Å². The van der Waals surface area contributed by atoms with E-state index in [2.05, 4.69) is 6.92 Å². The van der Waals surface area contributed by atoms with Crippen LogP contribution in [0.2, 0.25) is 0 Å². The molecule has 0 bridgehead atoms. The molecule has 0 saturated carbocycles. The molecule has 0 radical (unpaired) electrons. The number of ether oxygens (including phenoxy) is 3. The van der Waals surface area contributed by atoms with Crippen LogP contribution in [0.25, 0.3) is 0 Å². The Morgan fingerprint density at radius 1 is 1.08 bits per heavy atom. The van der Waals surface area contributed by atoms with Crippen LogP contribution in [0.1, 0.15) is 33.6 Å². The van der Waals surface area contributed by atoms with Crippen LogP contribution in [0.5, 0.6) is 0 Å². The van der Waals surface area contributed by atoms with E-state index in [1.807, 2.05) is 13.8 Å². The Morgan fingerprint density at radius 3 is 2.08 bits per heavy atom. The summed E-state index contributed by atoms with van der Waals surface area (Å²) in [5, 5.41) is 0. The summed E-state index contributed by atoms with van der Waals surface area (Å²) < 4.78 is 16.3. The van der Waals surface area contributed by atoms with Gasteiger partial charge in [-0.15, -0.1) is 0 Å². The van der Waals surface area contributed by atoms with Gasteiger partial charge in [0.05, 0.1) is 12.2 Å². The first-order chi connectivity index (χ1) is 6.31. The molecule has 1 rings (SSSR count). The monoisotopic (exact) mass is 188 g/mol. The van der Waals surface area contributed by atoms with Crippen molar-refractivity contribution in [3.63, 3.8) is 0 Å². The van der Waals surface area contributed by atoms with Crippen LogP contribution in [0.3, 0.4) is 0 Å². The second-order valence-electron chi connectivity index (χ2n) is 3.20. The van der Waals surface area contributed by atoms with Crippen molar-refractivity contribution in [2.24, 2.45) is 0 Å². The molecule has 1 fully saturated rings. The van der Waals surface area contributed by atoms with Crippen LogP contribution in [0, 0.1) is 0 Å². The molecule has 0 N–H and O–H groups in total. The molecule has 0 aromatic heterocycles. The number of hydrogen-bond acceptors (Lipinski definition) is 3. The van der Waals surface area contributed by atoms with Gasteiger partial charge in [0.15, 0.2) is 6.29 Å². The Morgan fingerprint density at radius 2 is 1.69 bits per heavy atom. The lowest BCUT2D eigenvalue weighted by atomic mass is 10.2. The highest BCUT2D eigenvalue weighted by Crippen LogP contribution is 2.29. The van der Waals surface area contributed by atoms with Crippen molar-refractivity contribution < 1.29 is 14.2 Å². The van der Waals surface area contributed by atoms with E-state index < -0.39 is 0 Å². The molecule has 0 amide bonds. The molecular weight excluding hydrogens is 168 g/mol. The summed E-state index contributed by atoms with van der Waals surface area (Å²) in [6, 6.07) is 0. The lowest BCUT2D eigenvalue weighted by Crippen LogP contribution is -2.20. The minimum absolute atomic E-state index is 0.0726. The maximum Gasteiger partial charge on any atom is 0.160 e. The summed E-state index contributed by atoms with van der Waals surface area (Å²) in [5.74, 6) is 0. The fraction of sp³-hybridized carbons (Fsp3) is 1.00. The van der Waals surface area contributed by atoms with E-state index in [0.29, 0.717) is 25.4 Å². The van der Waals surface area contributed by atoms with Crippen LogP contribution in [-0.2, 0) is 14.2 Å². The van der Waals surface area contributed by atoms with Crippen molar-refractivity contribution in [3.8, 4) is 0 Å². The molecular formula is C10H20O3. The van der Waals surface area contributed by atoms with E-state index >= 15 is 0 Å². The lowest BCUT2D eigenvalue weighted by Gasteiger charge is -2.15. The summed E-state index contributed by atoms with van der Waals surface area (Å²) in [5.41, 5.74) is 0. The molecule has 0 aromatic rings. The van der Waals surface area contributed by atoms with E-state index in [1.165, 1.54) is 0 Å². The first-order valence-corrected chi connectivity index (χ1v) is 5.20. The number of rotatable bonds is 7. The molecule has 13 heavy (non-hydrogen) atoms. The van der Waals surface area contributed by atoms with Gasteiger partial charge < -0.3 is 14.2 Å². The third-order valence-corrected chi connectivity index (χ3v) is 2.22. The minimum Gasteiger partial charge on any atom is -0.369 e. The lowest BCUT2D eigenvalue weighted by molar-refractivity contribution is -0.141. The van der Waals surface area contributed by atoms with Gasteiger partial charge in [0.25, 0.3) is 0 Å². The smallest absolute Gasteiger partial charge is 0.160 e. The standard InChI is InChI=1S/C10H20O3/c1-4-8-9(13-8)7-10(11-5-2)12-6-3/h8-10H,4-7H2,1-3H3/t8?,9-/m0/s1. The van der Waals surface area contributed by atoms with Crippen molar-refractivity contribution in [1.29, 1.82) is 0 Å². The highest BCUT2D eigenvalue weighted by atomic mass is 16.7. The van der Waals surface area contributed by atoms with Crippen LogP contribution >= 0.6 is 0 Å². The molecule has 0 spiro atoms. The first kappa shape index (κ1) is 11.0. The van der Waals surface area contributed by atoms with E-state index in [1.54, 1.807) is 0 Å². The van der Waals surface area contributed by atoms with Crippen LogP contribution in [0.15, 0.2) is 0 Å². The van der Waals surface area contributed by atoms with Crippen molar-refractivity contribution in [3.05, 3.63) is 0 Å². The molecule has 1 unspecified atom stereocenters. The fourth-order valence-corrected chi connectivity index (χ4v) is 1.49. The Balaban J connectivity index is 2.15. The third-order valence-electron chi connectivity index (χ3n) is 2.22. The van der Waals surface area contributed by atoms with Crippen molar-refractivity contribution in [1.82, 2.24) is 0 Å². The van der Waals surface area contributed by atoms with Crippen LogP contribution in [-0.4, -0.2) is 31.7 Å². The average molecular weight is 188 g/mol. The Bertz CT molecular complexity index is 132. The topological polar surface area (TPSA) is 31.0 Å². The van der Waals surface area contributed by atoms with Gasteiger partial charge in [-0.1, -0.05) is 6.92 Å². The number of hydrogen-bond donors (Lipinski definition) is 0. The van der Waals surface area contributed by atoms with E-state index in [4.69, 9.17) is 14.2 Å². The van der Waals surface area contributed by atoms with E-state index in [0.717, 1.165) is 12.8 Å². The van der Waals surface area contributed by atoms with Gasteiger partial charge in [-0.2, -0.15) is 0 Å². The van der Waals surface area contributed by atoms with Crippen LogP contribution in [0.4, 0.5) is 0 Å². The molecule has 1 saturated heterocycles. The quantitative estimate of drug-likeness (QED) is 0.452. The summed E-state index contributed by atoms with van der Waals surface area (Å²) >= 11 is 0. The maximum atomic E-state index is 5.43. The van der Waals surface area contributed by atoms with Crippen molar-refractivity contribution in [2.45, 2.75) is 52.1 Å². The predicted octanol–water partition coefficient (Wildman–Crippen LogP) is 1.95. The normalized spacial score (nSPS) is 26.8. The molecule has 1 heterocycles. The molecule has 2 atom stereocenters. The zero-order valence-electron chi connectivity index (χ0n) is 8.79. The summed E-state index contributed by atoms with van der Waals surface area (Å²) in [7, 11) is 0. The summed E-state index contributed by atoms with van der Waals surface area (Å²) in [6.45, 7) is 7.51. The average Bonchev–Trinajstić information content (AvgIpc) is 2.84. The highest BCUT2D eigenvalue weighted by molar-refractivity contribution is 4.84. The van der Waals surface area contributed by atoms with Crippen molar-refractivity contribution >= 4 is 0 Å². The highest BCUT2D eigenvalue weighted by Gasteiger charge is 2.38. The summed E-state index contributed by atoms with van der Waals surface area (Å²) in [6.07, 6.45) is 2.71. The van der Waals surface area contributed by atoms with Gasteiger partial charge in [0.1, 0.15) is 0 Å². The van der Waals surface area contributed by atoms with Gasteiger partial charge in [-0.05, 0) is 20.3 Å². The largest absolute Gasteiger partial charge is 0.369 e. The van der Waals surface area contributed by atoms with E-state index in [-0.39, 0.29) is 6.29 Å². The second-order valence-corrected chi connectivity index (χ2v) is 3.20. The second kappa shape index (κ2) is 5.58. The van der Waals surface area contributed by atoms with Gasteiger partial charge in [-0.3, -0.25) is 0 Å². The Kier molecular flexibility index (Phi) is 4.70. The Labute approximate surface area is 80.4 Å². The molecule has 78 valence electrons. The van der Waals surface area contributed by atoms with Gasteiger partial charge >= 0.3 is 0 Å². The first-order valence-electron chi connectivity index (χ1n) is 5.20. The SMILES string of the molecule is CCOC(C[C@@H]1OC1CC)OCC. The molecule has 1 aliphatic rings. The predicted molar refractivity (Wildman–Crippen MR) is 50.6 cm³/mol.